The first-order valence-electron chi connectivity index (χ1n) is 5.63. The van der Waals surface area contributed by atoms with Crippen molar-refractivity contribution in [2.45, 2.75) is 39.4 Å². The second-order valence-corrected chi connectivity index (χ2v) is 3.93. The standard InChI is InChI=1S/C12H17NO4/c1-3-4-9(2)17-12-6-5-10(8-14)7-11(12)13(15)16/h5-7,9,14H,3-4,8H2,1-2H3. The molecule has 1 aromatic rings. The van der Waals surface area contributed by atoms with E-state index in [1.807, 2.05) is 13.8 Å². The van der Waals surface area contributed by atoms with Crippen molar-refractivity contribution in [2.75, 3.05) is 0 Å². The minimum absolute atomic E-state index is 0.0568. The van der Waals surface area contributed by atoms with Crippen LogP contribution in [0, 0.1) is 10.1 Å². The van der Waals surface area contributed by atoms with E-state index in [9.17, 15) is 10.1 Å². The van der Waals surface area contributed by atoms with Gasteiger partial charge in [0.1, 0.15) is 0 Å². The van der Waals surface area contributed by atoms with Crippen molar-refractivity contribution < 1.29 is 14.8 Å². The molecule has 0 spiro atoms. The SMILES string of the molecule is CCCC(C)Oc1ccc(CO)cc1[N+](=O)[O-]. The average Bonchev–Trinajstić information content (AvgIpc) is 2.29. The van der Waals surface area contributed by atoms with Gasteiger partial charge >= 0.3 is 5.69 Å². The van der Waals surface area contributed by atoms with Gasteiger partial charge in [-0.2, -0.15) is 0 Å². The van der Waals surface area contributed by atoms with E-state index < -0.39 is 4.92 Å². The first kappa shape index (κ1) is 13.4. The highest BCUT2D eigenvalue weighted by atomic mass is 16.6. The Kier molecular flexibility index (Phi) is 4.90. The zero-order chi connectivity index (χ0) is 12.8. The average molecular weight is 239 g/mol. The Labute approximate surface area is 100 Å². The molecule has 5 nitrogen and oxygen atoms in total. The Hall–Kier alpha value is -1.62. The molecule has 1 rings (SSSR count). The van der Waals surface area contributed by atoms with Gasteiger partial charge in [0.2, 0.25) is 0 Å². The summed E-state index contributed by atoms with van der Waals surface area (Å²) in [5.41, 5.74) is 0.409. The van der Waals surface area contributed by atoms with Crippen molar-refractivity contribution in [2.24, 2.45) is 0 Å². The van der Waals surface area contributed by atoms with Crippen LogP contribution >= 0.6 is 0 Å². The Balaban J connectivity index is 2.94. The summed E-state index contributed by atoms with van der Waals surface area (Å²) in [6.45, 7) is 3.70. The smallest absolute Gasteiger partial charge is 0.311 e. The van der Waals surface area contributed by atoms with Gasteiger partial charge in [0, 0.05) is 6.07 Å². The van der Waals surface area contributed by atoms with Crippen LogP contribution in [-0.4, -0.2) is 16.1 Å². The largest absolute Gasteiger partial charge is 0.484 e. The lowest BCUT2D eigenvalue weighted by Crippen LogP contribution is -2.12. The Morgan fingerprint density at radius 1 is 1.53 bits per heavy atom. The molecule has 1 N–H and O–H groups in total. The molecular weight excluding hydrogens is 222 g/mol. The first-order valence-corrected chi connectivity index (χ1v) is 5.63. The van der Waals surface area contributed by atoms with Crippen LogP contribution in [-0.2, 0) is 6.61 Å². The molecular formula is C12H17NO4. The van der Waals surface area contributed by atoms with Gasteiger partial charge in [-0.1, -0.05) is 19.4 Å². The van der Waals surface area contributed by atoms with Gasteiger partial charge in [0.25, 0.3) is 0 Å². The van der Waals surface area contributed by atoms with Crippen LogP contribution in [0.3, 0.4) is 0 Å². The van der Waals surface area contributed by atoms with Crippen LogP contribution in [0.1, 0.15) is 32.3 Å². The minimum atomic E-state index is -0.493. The van der Waals surface area contributed by atoms with Crippen LogP contribution < -0.4 is 4.74 Å². The summed E-state index contributed by atoms with van der Waals surface area (Å²) in [6.07, 6.45) is 1.75. The number of hydrogen-bond acceptors (Lipinski definition) is 4. The number of benzene rings is 1. The van der Waals surface area contributed by atoms with Gasteiger partial charge in [-0.05, 0) is 25.0 Å². The summed E-state index contributed by atoms with van der Waals surface area (Å²) in [6, 6.07) is 4.50. The van der Waals surface area contributed by atoms with E-state index in [1.54, 1.807) is 6.07 Å². The van der Waals surface area contributed by atoms with E-state index in [0.717, 1.165) is 12.8 Å². The van der Waals surface area contributed by atoms with Crippen LogP contribution in [0.15, 0.2) is 18.2 Å². The molecule has 94 valence electrons. The maximum Gasteiger partial charge on any atom is 0.311 e. The van der Waals surface area contributed by atoms with E-state index in [0.29, 0.717) is 5.56 Å². The lowest BCUT2D eigenvalue weighted by Gasteiger charge is -2.14. The van der Waals surface area contributed by atoms with Crippen molar-refractivity contribution >= 4 is 5.69 Å². The zero-order valence-electron chi connectivity index (χ0n) is 10.0. The van der Waals surface area contributed by atoms with Crippen molar-refractivity contribution in [3.05, 3.63) is 33.9 Å². The maximum atomic E-state index is 10.9. The van der Waals surface area contributed by atoms with Gasteiger partial charge in [-0.3, -0.25) is 10.1 Å². The van der Waals surface area contributed by atoms with Crippen LogP contribution in [0.25, 0.3) is 0 Å². The minimum Gasteiger partial charge on any atom is -0.484 e. The molecule has 0 radical (unpaired) electrons. The Morgan fingerprint density at radius 2 is 2.24 bits per heavy atom. The number of nitro groups is 1. The predicted molar refractivity (Wildman–Crippen MR) is 64.0 cm³/mol. The number of nitrogens with zero attached hydrogens (tertiary/aromatic N) is 1. The molecule has 0 saturated carbocycles. The molecule has 17 heavy (non-hydrogen) atoms. The van der Waals surface area contributed by atoms with E-state index in [1.165, 1.54) is 12.1 Å². The monoisotopic (exact) mass is 239 g/mol. The number of nitro benzene ring substituents is 1. The van der Waals surface area contributed by atoms with E-state index in [-0.39, 0.29) is 24.1 Å². The summed E-state index contributed by atoms with van der Waals surface area (Å²) in [7, 11) is 0. The molecule has 0 saturated heterocycles. The first-order chi connectivity index (χ1) is 8.08. The fourth-order valence-corrected chi connectivity index (χ4v) is 1.59. The molecule has 1 aromatic carbocycles. The van der Waals surface area contributed by atoms with Crippen molar-refractivity contribution in [3.8, 4) is 5.75 Å². The summed E-state index contributed by atoms with van der Waals surface area (Å²) in [4.78, 5) is 10.4. The lowest BCUT2D eigenvalue weighted by atomic mass is 10.2. The summed E-state index contributed by atoms with van der Waals surface area (Å²) < 4.78 is 5.52. The van der Waals surface area contributed by atoms with E-state index in [4.69, 9.17) is 9.84 Å². The number of aliphatic hydroxyl groups excluding tert-OH is 1. The third-order valence-corrected chi connectivity index (χ3v) is 2.43. The zero-order valence-corrected chi connectivity index (χ0v) is 10.0. The third kappa shape index (κ3) is 3.71. The second kappa shape index (κ2) is 6.20. The molecule has 0 bridgehead atoms. The summed E-state index contributed by atoms with van der Waals surface area (Å²) >= 11 is 0. The lowest BCUT2D eigenvalue weighted by molar-refractivity contribution is -0.386. The predicted octanol–water partition coefficient (Wildman–Crippen LogP) is 2.65. The normalized spacial score (nSPS) is 12.2. The van der Waals surface area contributed by atoms with Crippen molar-refractivity contribution in [3.63, 3.8) is 0 Å². The number of aliphatic hydroxyl groups is 1. The van der Waals surface area contributed by atoms with Crippen molar-refractivity contribution in [1.82, 2.24) is 0 Å². The van der Waals surface area contributed by atoms with Gasteiger partial charge in [-0.25, -0.2) is 0 Å². The highest BCUT2D eigenvalue weighted by molar-refractivity contribution is 5.48. The number of rotatable bonds is 6. The molecule has 0 aromatic heterocycles. The molecule has 0 aliphatic carbocycles. The fourth-order valence-electron chi connectivity index (χ4n) is 1.59. The topological polar surface area (TPSA) is 72.6 Å². The molecule has 0 fully saturated rings. The highest BCUT2D eigenvalue weighted by Gasteiger charge is 2.17. The molecule has 1 unspecified atom stereocenters. The molecule has 0 aliphatic rings. The van der Waals surface area contributed by atoms with Crippen LogP contribution in [0.5, 0.6) is 5.75 Å². The summed E-state index contributed by atoms with van der Waals surface area (Å²) in [5, 5.41) is 19.8. The highest BCUT2D eigenvalue weighted by Crippen LogP contribution is 2.29. The van der Waals surface area contributed by atoms with Gasteiger partial charge < -0.3 is 9.84 Å². The van der Waals surface area contributed by atoms with E-state index in [2.05, 4.69) is 0 Å². The van der Waals surface area contributed by atoms with E-state index >= 15 is 0 Å². The molecule has 0 amide bonds. The number of ether oxygens (including phenoxy) is 1. The Bertz CT molecular complexity index is 392. The third-order valence-electron chi connectivity index (χ3n) is 2.43. The van der Waals surface area contributed by atoms with Gasteiger partial charge in [-0.15, -0.1) is 0 Å². The van der Waals surface area contributed by atoms with Crippen LogP contribution in [0.2, 0.25) is 0 Å². The molecule has 0 heterocycles. The molecule has 0 aliphatic heterocycles. The quantitative estimate of drug-likeness (QED) is 0.611. The molecule has 1 atom stereocenters. The second-order valence-electron chi connectivity index (χ2n) is 3.93. The molecule has 5 heteroatoms. The fraction of sp³-hybridized carbons (Fsp3) is 0.500. The Morgan fingerprint density at radius 3 is 2.76 bits per heavy atom. The van der Waals surface area contributed by atoms with Gasteiger partial charge in [0.15, 0.2) is 5.75 Å². The van der Waals surface area contributed by atoms with Crippen molar-refractivity contribution in [1.29, 1.82) is 0 Å². The van der Waals surface area contributed by atoms with Gasteiger partial charge in [0.05, 0.1) is 17.6 Å². The maximum absolute atomic E-state index is 10.9. The summed E-state index contributed by atoms with van der Waals surface area (Å²) in [5.74, 6) is 0.258. The van der Waals surface area contributed by atoms with Crippen LogP contribution in [0.4, 0.5) is 5.69 Å². The number of hydrogen-bond donors (Lipinski definition) is 1.